The van der Waals surface area contributed by atoms with Crippen LogP contribution in [-0.2, 0) is 13.0 Å². The van der Waals surface area contributed by atoms with E-state index in [0.717, 1.165) is 34.8 Å². The third-order valence-corrected chi connectivity index (χ3v) is 4.71. The van der Waals surface area contributed by atoms with E-state index in [2.05, 4.69) is 36.0 Å². The Hall–Kier alpha value is -1.21. The van der Waals surface area contributed by atoms with Crippen molar-refractivity contribution in [2.75, 3.05) is 0 Å². The Morgan fingerprint density at radius 3 is 3.16 bits per heavy atom. The van der Waals surface area contributed by atoms with Crippen molar-refractivity contribution in [3.05, 3.63) is 32.4 Å². The molecule has 1 unspecified atom stereocenters. The van der Waals surface area contributed by atoms with Crippen LogP contribution in [0.1, 0.15) is 41.4 Å². The first-order valence-electron chi connectivity index (χ1n) is 6.12. The SMILES string of the molecule is CC(NC(=O)c1csc(Br)c1)c1nnc2n1CCC2. The highest BCUT2D eigenvalue weighted by Gasteiger charge is 2.22. The maximum atomic E-state index is 12.1. The van der Waals surface area contributed by atoms with E-state index in [0.29, 0.717) is 5.56 Å². The Labute approximate surface area is 123 Å². The summed E-state index contributed by atoms with van der Waals surface area (Å²) in [4.78, 5) is 12.1. The number of rotatable bonds is 3. The van der Waals surface area contributed by atoms with Gasteiger partial charge in [-0.05, 0) is 35.3 Å². The van der Waals surface area contributed by atoms with E-state index >= 15 is 0 Å². The molecule has 0 bridgehead atoms. The summed E-state index contributed by atoms with van der Waals surface area (Å²) in [5, 5.41) is 13.1. The highest BCUT2D eigenvalue weighted by molar-refractivity contribution is 9.11. The van der Waals surface area contributed by atoms with Crippen LogP contribution in [0, 0.1) is 0 Å². The third kappa shape index (κ3) is 2.44. The van der Waals surface area contributed by atoms with E-state index in [4.69, 9.17) is 0 Å². The van der Waals surface area contributed by atoms with Gasteiger partial charge in [0.15, 0.2) is 5.82 Å². The van der Waals surface area contributed by atoms with Gasteiger partial charge in [-0.15, -0.1) is 21.5 Å². The van der Waals surface area contributed by atoms with E-state index in [-0.39, 0.29) is 11.9 Å². The van der Waals surface area contributed by atoms with Gasteiger partial charge in [0.25, 0.3) is 5.91 Å². The van der Waals surface area contributed by atoms with Crippen LogP contribution in [0.25, 0.3) is 0 Å². The minimum absolute atomic E-state index is 0.0789. The lowest BCUT2D eigenvalue weighted by Crippen LogP contribution is -2.28. The zero-order chi connectivity index (χ0) is 13.4. The summed E-state index contributed by atoms with van der Waals surface area (Å²) in [5.74, 6) is 1.79. The molecule has 5 nitrogen and oxygen atoms in total. The standard InChI is InChI=1S/C12H13BrN4OS/c1-7(11-16-15-10-3-2-4-17(10)11)14-12(18)8-5-9(13)19-6-8/h5-7H,2-4H2,1H3,(H,14,18). The summed E-state index contributed by atoms with van der Waals surface area (Å²) in [6.07, 6.45) is 2.08. The zero-order valence-electron chi connectivity index (χ0n) is 10.4. The molecule has 2 aromatic rings. The fourth-order valence-electron chi connectivity index (χ4n) is 2.27. The number of hydrogen-bond donors (Lipinski definition) is 1. The highest BCUT2D eigenvalue weighted by Crippen LogP contribution is 2.22. The van der Waals surface area contributed by atoms with Crippen LogP contribution >= 0.6 is 27.3 Å². The molecule has 0 saturated heterocycles. The number of carbonyl (C=O) groups is 1. The van der Waals surface area contributed by atoms with Crippen molar-refractivity contribution in [1.82, 2.24) is 20.1 Å². The minimum atomic E-state index is -0.134. The summed E-state index contributed by atoms with van der Waals surface area (Å²) in [7, 11) is 0. The molecule has 3 rings (SSSR count). The Balaban J connectivity index is 1.74. The second-order valence-electron chi connectivity index (χ2n) is 4.56. The van der Waals surface area contributed by atoms with E-state index in [9.17, 15) is 4.79 Å². The van der Waals surface area contributed by atoms with Gasteiger partial charge in [0, 0.05) is 18.3 Å². The Morgan fingerprint density at radius 2 is 2.42 bits per heavy atom. The molecule has 1 atom stereocenters. The number of nitrogens with zero attached hydrogens (tertiary/aromatic N) is 3. The summed E-state index contributed by atoms with van der Waals surface area (Å²) < 4.78 is 3.06. The van der Waals surface area contributed by atoms with Gasteiger partial charge in [-0.1, -0.05) is 0 Å². The molecule has 2 aromatic heterocycles. The number of amides is 1. The number of nitrogens with one attached hydrogen (secondary N) is 1. The van der Waals surface area contributed by atoms with Crippen LogP contribution < -0.4 is 5.32 Å². The third-order valence-electron chi connectivity index (χ3n) is 3.20. The molecule has 1 amide bonds. The summed E-state index contributed by atoms with van der Waals surface area (Å²) >= 11 is 4.86. The molecule has 100 valence electrons. The van der Waals surface area contributed by atoms with Crippen molar-refractivity contribution in [1.29, 1.82) is 0 Å². The molecule has 0 spiro atoms. The number of hydrogen-bond acceptors (Lipinski definition) is 4. The minimum Gasteiger partial charge on any atom is -0.342 e. The van der Waals surface area contributed by atoms with E-state index in [1.165, 1.54) is 11.3 Å². The Morgan fingerprint density at radius 1 is 1.58 bits per heavy atom. The molecule has 0 radical (unpaired) electrons. The number of fused-ring (bicyclic) bond motifs is 1. The normalized spacial score (nSPS) is 15.3. The summed E-state index contributed by atoms with van der Waals surface area (Å²) in [6, 6.07) is 1.69. The van der Waals surface area contributed by atoms with Crippen LogP contribution in [-0.4, -0.2) is 20.7 Å². The van der Waals surface area contributed by atoms with Crippen molar-refractivity contribution >= 4 is 33.2 Å². The molecule has 0 aromatic carbocycles. The Kier molecular flexibility index (Phi) is 3.40. The second kappa shape index (κ2) is 5.05. The number of carbonyl (C=O) groups excluding carboxylic acids is 1. The van der Waals surface area contributed by atoms with Crippen LogP contribution in [0.4, 0.5) is 0 Å². The summed E-state index contributed by atoms with van der Waals surface area (Å²) in [6.45, 7) is 2.89. The molecule has 1 aliphatic heterocycles. The van der Waals surface area contributed by atoms with E-state index in [1.807, 2.05) is 18.4 Å². The quantitative estimate of drug-likeness (QED) is 0.933. The largest absolute Gasteiger partial charge is 0.342 e. The number of aromatic nitrogens is 3. The number of thiophene rings is 1. The van der Waals surface area contributed by atoms with Crippen molar-refractivity contribution in [3.63, 3.8) is 0 Å². The smallest absolute Gasteiger partial charge is 0.252 e. The van der Waals surface area contributed by atoms with Crippen LogP contribution in [0.15, 0.2) is 15.2 Å². The first-order valence-corrected chi connectivity index (χ1v) is 7.79. The van der Waals surface area contributed by atoms with Gasteiger partial charge in [0.05, 0.1) is 15.4 Å². The maximum absolute atomic E-state index is 12.1. The lowest BCUT2D eigenvalue weighted by Gasteiger charge is -2.13. The molecule has 1 aliphatic rings. The molecule has 3 heterocycles. The lowest BCUT2D eigenvalue weighted by molar-refractivity contribution is 0.0938. The van der Waals surface area contributed by atoms with Gasteiger partial charge in [-0.25, -0.2) is 0 Å². The molecule has 0 aliphatic carbocycles. The van der Waals surface area contributed by atoms with E-state index in [1.54, 1.807) is 0 Å². The average molecular weight is 341 g/mol. The lowest BCUT2D eigenvalue weighted by atomic mass is 10.2. The topological polar surface area (TPSA) is 59.8 Å². The van der Waals surface area contributed by atoms with Crippen LogP contribution in [0.5, 0.6) is 0 Å². The van der Waals surface area contributed by atoms with Crippen molar-refractivity contribution in [2.24, 2.45) is 0 Å². The molecular weight excluding hydrogens is 328 g/mol. The number of halogens is 1. The molecule has 1 N–H and O–H groups in total. The van der Waals surface area contributed by atoms with Crippen molar-refractivity contribution < 1.29 is 4.79 Å². The highest BCUT2D eigenvalue weighted by atomic mass is 79.9. The van der Waals surface area contributed by atoms with Crippen LogP contribution in [0.3, 0.4) is 0 Å². The molecule has 0 saturated carbocycles. The summed E-state index contributed by atoms with van der Waals surface area (Å²) in [5.41, 5.74) is 0.671. The maximum Gasteiger partial charge on any atom is 0.252 e. The van der Waals surface area contributed by atoms with Gasteiger partial charge >= 0.3 is 0 Å². The van der Waals surface area contributed by atoms with Crippen molar-refractivity contribution in [3.8, 4) is 0 Å². The van der Waals surface area contributed by atoms with Crippen molar-refractivity contribution in [2.45, 2.75) is 32.4 Å². The zero-order valence-corrected chi connectivity index (χ0v) is 12.8. The predicted molar refractivity (Wildman–Crippen MR) is 76.2 cm³/mol. The average Bonchev–Trinajstić information content (AvgIpc) is 3.02. The predicted octanol–water partition coefficient (Wildman–Crippen LogP) is 2.54. The van der Waals surface area contributed by atoms with Gasteiger partial charge < -0.3 is 9.88 Å². The van der Waals surface area contributed by atoms with Gasteiger partial charge in [0.2, 0.25) is 0 Å². The van der Waals surface area contributed by atoms with Gasteiger partial charge in [-0.2, -0.15) is 0 Å². The fourth-order valence-corrected chi connectivity index (χ4v) is 3.40. The monoisotopic (exact) mass is 340 g/mol. The van der Waals surface area contributed by atoms with Crippen LogP contribution in [0.2, 0.25) is 0 Å². The second-order valence-corrected chi connectivity index (χ2v) is 6.85. The molecule has 19 heavy (non-hydrogen) atoms. The van der Waals surface area contributed by atoms with E-state index < -0.39 is 0 Å². The molecule has 0 fully saturated rings. The Bertz CT molecular complexity index is 621. The number of aryl methyl sites for hydroxylation is 1. The fraction of sp³-hybridized carbons (Fsp3) is 0.417. The van der Waals surface area contributed by atoms with Gasteiger partial charge in [0.1, 0.15) is 5.82 Å². The first-order chi connectivity index (χ1) is 9.15. The molecular formula is C12H13BrN4OS. The first kappa shape index (κ1) is 12.8. The van der Waals surface area contributed by atoms with Gasteiger partial charge in [-0.3, -0.25) is 4.79 Å². The molecule has 7 heteroatoms.